The van der Waals surface area contributed by atoms with E-state index in [-0.39, 0.29) is 29.0 Å². The quantitative estimate of drug-likeness (QED) is 0.688. The van der Waals surface area contributed by atoms with Crippen LogP contribution in [0, 0.1) is 40.4 Å². The molecule has 0 spiro atoms. The molecular weight excluding hydrogens is 352 g/mol. The lowest BCUT2D eigenvalue weighted by Gasteiger charge is -2.56. The van der Waals surface area contributed by atoms with Crippen LogP contribution in [-0.2, 0) is 9.59 Å². The Bertz CT molecular complexity index is 750. The zero-order chi connectivity index (χ0) is 20.3. The summed E-state index contributed by atoms with van der Waals surface area (Å²) in [6.45, 7) is 6.89. The summed E-state index contributed by atoms with van der Waals surface area (Å²) in [5.41, 5.74) is 1.18. The summed E-state index contributed by atoms with van der Waals surface area (Å²) in [5.74, 6) is 1.73. The number of aliphatic carboxylic acids is 1. The summed E-state index contributed by atoms with van der Waals surface area (Å²) >= 11 is 0. The van der Waals surface area contributed by atoms with Crippen LogP contribution in [0.3, 0.4) is 0 Å². The second kappa shape index (κ2) is 6.74. The Labute approximate surface area is 168 Å². The second-order valence-corrected chi connectivity index (χ2v) is 10.4. The van der Waals surface area contributed by atoms with Gasteiger partial charge in [-0.3, -0.25) is 9.59 Å². The van der Waals surface area contributed by atoms with Crippen LogP contribution in [0.4, 0.5) is 0 Å². The number of fused-ring (bicyclic) bond motifs is 5. The molecule has 0 aromatic heterocycles. The number of aliphatic hydroxyl groups excluding tert-OH is 1. The number of hydrogen-bond acceptors (Lipinski definition) is 3. The monoisotopic (exact) mass is 386 g/mol. The van der Waals surface area contributed by atoms with E-state index in [9.17, 15) is 14.7 Å². The third-order valence-electron chi connectivity index (χ3n) is 9.17. The molecular formula is C24H34O4. The minimum Gasteiger partial charge on any atom is -0.512 e. The topological polar surface area (TPSA) is 74.6 Å². The molecule has 2 N–H and O–H groups in total. The molecule has 7 atom stereocenters. The lowest BCUT2D eigenvalue weighted by Crippen LogP contribution is -2.52. The highest BCUT2D eigenvalue weighted by molar-refractivity contribution is 5.95. The molecule has 0 aromatic rings. The van der Waals surface area contributed by atoms with Crippen LogP contribution in [0.2, 0.25) is 0 Å². The number of carbonyl (C=O) groups excluding carboxylic acids is 1. The van der Waals surface area contributed by atoms with E-state index in [1.54, 1.807) is 0 Å². The molecule has 28 heavy (non-hydrogen) atoms. The van der Waals surface area contributed by atoms with Crippen LogP contribution in [0.1, 0.15) is 72.1 Å². The number of rotatable bonds is 4. The Kier molecular flexibility index (Phi) is 4.75. The van der Waals surface area contributed by atoms with E-state index in [4.69, 9.17) is 5.11 Å². The molecule has 4 aliphatic rings. The summed E-state index contributed by atoms with van der Waals surface area (Å²) in [7, 11) is 0. The maximum Gasteiger partial charge on any atom is 0.303 e. The molecule has 0 bridgehead atoms. The van der Waals surface area contributed by atoms with Gasteiger partial charge in [0.05, 0.1) is 5.76 Å². The van der Waals surface area contributed by atoms with E-state index in [1.807, 2.05) is 12.2 Å². The maximum absolute atomic E-state index is 13.2. The first-order valence-electron chi connectivity index (χ1n) is 11.0. The maximum atomic E-state index is 13.2. The van der Waals surface area contributed by atoms with Gasteiger partial charge in [0.1, 0.15) is 0 Å². The van der Waals surface area contributed by atoms with Gasteiger partial charge in [-0.15, -0.1) is 0 Å². The molecule has 0 aliphatic heterocycles. The summed E-state index contributed by atoms with van der Waals surface area (Å²) < 4.78 is 0. The highest BCUT2D eigenvalue weighted by Crippen LogP contribution is 2.66. The van der Waals surface area contributed by atoms with Crippen LogP contribution in [-0.4, -0.2) is 22.0 Å². The van der Waals surface area contributed by atoms with Gasteiger partial charge in [0.25, 0.3) is 0 Å². The van der Waals surface area contributed by atoms with Crippen molar-refractivity contribution in [2.45, 2.75) is 72.1 Å². The molecule has 0 heterocycles. The number of allylic oxidation sites excluding steroid dienone is 4. The lowest BCUT2D eigenvalue weighted by molar-refractivity contribution is -0.137. The molecule has 0 amide bonds. The molecule has 4 heteroatoms. The lowest BCUT2D eigenvalue weighted by atomic mass is 9.47. The van der Waals surface area contributed by atoms with Crippen molar-refractivity contribution in [2.75, 3.05) is 0 Å². The number of aliphatic hydroxyl groups is 1. The van der Waals surface area contributed by atoms with Crippen LogP contribution in [0.15, 0.2) is 23.5 Å². The average molecular weight is 387 g/mol. The van der Waals surface area contributed by atoms with Crippen LogP contribution in [0.5, 0.6) is 0 Å². The summed E-state index contributed by atoms with van der Waals surface area (Å²) in [6.07, 6.45) is 10.7. The first-order chi connectivity index (χ1) is 13.2. The Morgan fingerprint density at radius 3 is 2.64 bits per heavy atom. The number of carbonyl (C=O) groups is 2. The molecule has 0 aromatic carbocycles. The molecule has 4 aliphatic carbocycles. The number of hydrogen-bond donors (Lipinski definition) is 2. The van der Waals surface area contributed by atoms with Crippen LogP contribution < -0.4 is 0 Å². The highest BCUT2D eigenvalue weighted by atomic mass is 16.4. The van der Waals surface area contributed by atoms with Gasteiger partial charge in [-0.2, -0.15) is 0 Å². The van der Waals surface area contributed by atoms with Crippen molar-refractivity contribution in [3.63, 3.8) is 0 Å². The third-order valence-corrected chi connectivity index (χ3v) is 9.17. The van der Waals surface area contributed by atoms with Crippen molar-refractivity contribution in [3.05, 3.63) is 23.5 Å². The van der Waals surface area contributed by atoms with Crippen molar-refractivity contribution < 1.29 is 19.8 Å². The highest BCUT2D eigenvalue weighted by Gasteiger charge is 2.60. The van der Waals surface area contributed by atoms with Crippen molar-refractivity contribution in [1.29, 1.82) is 0 Å². The first kappa shape index (κ1) is 19.7. The van der Waals surface area contributed by atoms with Crippen LogP contribution in [0.25, 0.3) is 0 Å². The van der Waals surface area contributed by atoms with E-state index in [0.29, 0.717) is 35.9 Å². The summed E-state index contributed by atoms with van der Waals surface area (Å²) in [6, 6.07) is 0. The van der Waals surface area contributed by atoms with Crippen molar-refractivity contribution in [1.82, 2.24) is 0 Å². The predicted octanol–water partition coefficient (Wildman–Crippen LogP) is 5.30. The minimum absolute atomic E-state index is 0.000846. The fraction of sp³-hybridized carbons (Fsp3) is 0.750. The standard InChI is InChI=1S/C24H34O4/c1-14(4-7-21(27)28)17-5-6-18-22-19(9-11-24(17,18)3)23(2)10-8-16(25)12-15(23)13-20(22)26/h12-14,17-19,22,25H,4-11H2,1-3H3,(H,27,28)/t14-,17-,18+,19+,22+,23+,24-/m1/s1. The van der Waals surface area contributed by atoms with Gasteiger partial charge < -0.3 is 10.2 Å². The van der Waals surface area contributed by atoms with E-state index in [1.165, 1.54) is 0 Å². The Hall–Kier alpha value is -1.58. The number of carboxylic acid groups (broad SMARTS) is 1. The second-order valence-electron chi connectivity index (χ2n) is 10.4. The molecule has 4 rings (SSSR count). The zero-order valence-electron chi connectivity index (χ0n) is 17.4. The van der Waals surface area contributed by atoms with Crippen LogP contribution >= 0.6 is 0 Å². The van der Waals surface area contributed by atoms with Gasteiger partial charge >= 0.3 is 5.97 Å². The van der Waals surface area contributed by atoms with Gasteiger partial charge in [0.2, 0.25) is 0 Å². The molecule has 2 saturated carbocycles. The molecule has 154 valence electrons. The molecule has 2 fully saturated rings. The largest absolute Gasteiger partial charge is 0.512 e. The third kappa shape index (κ3) is 2.86. The molecule has 0 radical (unpaired) electrons. The van der Waals surface area contributed by atoms with Gasteiger partial charge in [-0.1, -0.05) is 20.8 Å². The Morgan fingerprint density at radius 1 is 1.18 bits per heavy atom. The molecule has 4 nitrogen and oxygen atoms in total. The summed E-state index contributed by atoms with van der Waals surface area (Å²) in [5, 5.41) is 19.1. The summed E-state index contributed by atoms with van der Waals surface area (Å²) in [4.78, 5) is 24.3. The minimum atomic E-state index is -0.711. The Balaban J connectivity index is 1.62. The smallest absolute Gasteiger partial charge is 0.303 e. The SMILES string of the molecule is C[C@H](CCC(=O)O)[C@H]1CC[C@H]2[C@@H]3C(=O)C=C4C=C(O)CC[C@]4(C)[C@H]3CC[C@]12C. The van der Waals surface area contributed by atoms with Gasteiger partial charge in [0, 0.05) is 18.8 Å². The van der Waals surface area contributed by atoms with Gasteiger partial charge in [0.15, 0.2) is 5.78 Å². The normalized spacial score (nSPS) is 43.3. The first-order valence-corrected chi connectivity index (χ1v) is 11.0. The van der Waals surface area contributed by atoms with Crippen molar-refractivity contribution in [3.8, 4) is 0 Å². The zero-order valence-corrected chi connectivity index (χ0v) is 17.4. The van der Waals surface area contributed by atoms with Gasteiger partial charge in [-0.25, -0.2) is 0 Å². The molecule has 0 unspecified atom stereocenters. The predicted molar refractivity (Wildman–Crippen MR) is 108 cm³/mol. The van der Waals surface area contributed by atoms with Crippen molar-refractivity contribution in [2.24, 2.45) is 40.4 Å². The fourth-order valence-electron chi connectivity index (χ4n) is 7.58. The van der Waals surface area contributed by atoms with E-state index in [2.05, 4.69) is 20.8 Å². The van der Waals surface area contributed by atoms with Crippen molar-refractivity contribution >= 4 is 11.8 Å². The number of carboxylic acids is 1. The van der Waals surface area contributed by atoms with Gasteiger partial charge in [-0.05, 0) is 90.8 Å². The number of ketones is 1. The average Bonchev–Trinajstić information content (AvgIpc) is 2.98. The Morgan fingerprint density at radius 2 is 1.93 bits per heavy atom. The van der Waals surface area contributed by atoms with E-state index >= 15 is 0 Å². The molecule has 0 saturated heterocycles. The fourth-order valence-corrected chi connectivity index (χ4v) is 7.58. The van der Waals surface area contributed by atoms with E-state index < -0.39 is 5.97 Å². The van der Waals surface area contributed by atoms with E-state index in [0.717, 1.165) is 44.1 Å².